The Morgan fingerprint density at radius 3 is 2.87 bits per heavy atom. The van der Waals surface area contributed by atoms with Crippen LogP contribution in [0, 0.1) is 0 Å². The summed E-state index contributed by atoms with van der Waals surface area (Å²) < 4.78 is 7.80. The molecule has 2 aliphatic rings. The zero-order chi connectivity index (χ0) is 20.1. The third-order valence-corrected chi connectivity index (χ3v) is 5.30. The molecule has 0 radical (unpaired) electrons. The summed E-state index contributed by atoms with van der Waals surface area (Å²) in [6, 6.07) is 8.69. The van der Waals surface area contributed by atoms with E-state index < -0.39 is 0 Å². The summed E-state index contributed by atoms with van der Waals surface area (Å²) in [6.45, 7) is 7.87. The fourth-order valence-electron chi connectivity index (χ4n) is 3.78. The minimum Gasteiger partial charge on any atom is -0.370 e. The average Bonchev–Trinajstić information content (AvgIpc) is 3.43. The van der Waals surface area contributed by atoms with Crippen molar-refractivity contribution in [2.24, 2.45) is 12.0 Å². The van der Waals surface area contributed by atoms with Crippen LogP contribution in [0.5, 0.6) is 0 Å². The van der Waals surface area contributed by atoms with Crippen molar-refractivity contribution in [2.75, 3.05) is 44.2 Å². The fraction of sp³-hybridized carbons (Fsp3) is 0.455. The van der Waals surface area contributed by atoms with E-state index in [-0.39, 0.29) is 30.1 Å². The molecule has 1 atom stereocenters. The van der Waals surface area contributed by atoms with Crippen molar-refractivity contribution in [1.82, 2.24) is 20.0 Å². The van der Waals surface area contributed by atoms with Gasteiger partial charge in [-0.15, -0.1) is 24.0 Å². The van der Waals surface area contributed by atoms with Crippen molar-refractivity contribution >= 4 is 35.6 Å². The minimum absolute atomic E-state index is 0. The quantitative estimate of drug-likeness (QED) is 0.283. The second-order valence-corrected chi connectivity index (χ2v) is 7.47. The Morgan fingerprint density at radius 1 is 1.30 bits per heavy atom. The largest absolute Gasteiger partial charge is 0.370 e. The molecule has 2 aliphatic heterocycles. The summed E-state index contributed by atoms with van der Waals surface area (Å²) >= 11 is 0. The first-order valence-electron chi connectivity index (χ1n) is 10.3. The third-order valence-electron chi connectivity index (χ3n) is 5.30. The number of aromatic nitrogens is 2. The number of aryl methyl sites for hydroxylation is 1. The van der Waals surface area contributed by atoms with Crippen LogP contribution in [0.25, 0.3) is 0 Å². The average molecular weight is 522 g/mol. The molecule has 162 valence electrons. The lowest BCUT2D eigenvalue weighted by Gasteiger charge is -2.34. The highest BCUT2D eigenvalue weighted by Gasteiger charge is 2.25. The maximum Gasteiger partial charge on any atom is 0.194 e. The van der Waals surface area contributed by atoms with Crippen molar-refractivity contribution in [2.45, 2.75) is 19.6 Å². The zero-order valence-electron chi connectivity index (χ0n) is 17.7. The third kappa shape index (κ3) is 5.54. The Balaban J connectivity index is 0.00000256. The molecule has 3 heterocycles. The van der Waals surface area contributed by atoms with Gasteiger partial charge < -0.3 is 19.9 Å². The van der Waals surface area contributed by atoms with E-state index in [1.165, 1.54) is 11.3 Å². The molecular weight excluding hydrogens is 491 g/mol. The van der Waals surface area contributed by atoms with Crippen LogP contribution in [0.1, 0.15) is 24.2 Å². The number of halogens is 1. The molecule has 0 bridgehead atoms. The van der Waals surface area contributed by atoms with Gasteiger partial charge in [0.1, 0.15) is 6.10 Å². The van der Waals surface area contributed by atoms with Gasteiger partial charge in [-0.3, -0.25) is 4.68 Å². The molecule has 8 heteroatoms. The molecule has 0 spiro atoms. The van der Waals surface area contributed by atoms with E-state index in [0.29, 0.717) is 13.2 Å². The molecule has 1 unspecified atom stereocenters. The van der Waals surface area contributed by atoms with Crippen LogP contribution < -0.4 is 10.2 Å². The number of aliphatic imine (C=N–C) groups is 1. The summed E-state index contributed by atoms with van der Waals surface area (Å²) in [6.07, 6.45) is 8.36. The Kier molecular flexibility index (Phi) is 8.15. The van der Waals surface area contributed by atoms with E-state index in [4.69, 9.17) is 9.73 Å². The fourth-order valence-corrected chi connectivity index (χ4v) is 3.78. The number of ether oxygens (including phenoxy) is 1. The molecule has 1 saturated heterocycles. The summed E-state index contributed by atoms with van der Waals surface area (Å²) in [5.74, 6) is 0.943. The topological polar surface area (TPSA) is 57.9 Å². The van der Waals surface area contributed by atoms with Crippen LogP contribution in [0.4, 0.5) is 5.69 Å². The lowest BCUT2D eigenvalue weighted by atomic mass is 10.1. The highest BCUT2D eigenvalue weighted by Crippen LogP contribution is 2.22. The summed E-state index contributed by atoms with van der Waals surface area (Å²) in [5, 5.41) is 7.73. The van der Waals surface area contributed by atoms with E-state index >= 15 is 0 Å². The molecule has 4 rings (SSSR count). The Labute approximate surface area is 195 Å². The minimum atomic E-state index is 0. The zero-order valence-corrected chi connectivity index (χ0v) is 20.0. The van der Waals surface area contributed by atoms with Gasteiger partial charge in [0.15, 0.2) is 5.96 Å². The van der Waals surface area contributed by atoms with E-state index in [1.54, 1.807) is 0 Å². The number of hydrogen-bond acceptors (Lipinski definition) is 4. The SMILES string of the molecule is CCNC(=NCc1cccc(N2CC=CC2)c1)N1CCOC(c2cnn(C)c2)C1.I. The highest BCUT2D eigenvalue weighted by atomic mass is 127. The molecular formula is C22H31IN6O. The number of guanidine groups is 1. The first-order valence-corrected chi connectivity index (χ1v) is 10.3. The van der Waals surface area contributed by atoms with Crippen LogP contribution in [0.3, 0.4) is 0 Å². The van der Waals surface area contributed by atoms with Gasteiger partial charge in [-0.25, -0.2) is 4.99 Å². The summed E-state index contributed by atoms with van der Waals surface area (Å²) in [5.41, 5.74) is 3.59. The lowest BCUT2D eigenvalue weighted by Crippen LogP contribution is -2.48. The molecule has 1 aromatic carbocycles. The van der Waals surface area contributed by atoms with Gasteiger partial charge in [0.25, 0.3) is 0 Å². The van der Waals surface area contributed by atoms with Gasteiger partial charge in [-0.05, 0) is 24.6 Å². The van der Waals surface area contributed by atoms with Gasteiger partial charge in [0.05, 0.1) is 25.9 Å². The first kappa shape index (κ1) is 22.6. The second kappa shape index (κ2) is 10.8. The van der Waals surface area contributed by atoms with Gasteiger partial charge in [0, 0.05) is 50.7 Å². The second-order valence-electron chi connectivity index (χ2n) is 7.47. The van der Waals surface area contributed by atoms with E-state index in [1.807, 2.05) is 24.1 Å². The standard InChI is InChI=1S/C22H30N6O.HI/c1-3-23-22(28-11-12-29-21(17-28)19-15-25-26(2)16-19)24-14-18-7-6-8-20(13-18)27-9-4-5-10-27;/h4-8,13,15-16,21H,3,9-12,14,17H2,1-2H3,(H,23,24);1H. The van der Waals surface area contributed by atoms with Crippen LogP contribution in [-0.4, -0.2) is 60.0 Å². The number of rotatable bonds is 5. The Hall–Kier alpha value is -2.07. The van der Waals surface area contributed by atoms with Gasteiger partial charge in [0.2, 0.25) is 0 Å². The number of benzene rings is 1. The van der Waals surface area contributed by atoms with Crippen molar-refractivity contribution in [1.29, 1.82) is 0 Å². The van der Waals surface area contributed by atoms with Gasteiger partial charge in [-0.2, -0.15) is 5.10 Å². The van der Waals surface area contributed by atoms with E-state index in [0.717, 1.165) is 44.2 Å². The number of hydrogen-bond donors (Lipinski definition) is 1. The molecule has 1 aromatic heterocycles. The predicted molar refractivity (Wildman–Crippen MR) is 131 cm³/mol. The molecule has 30 heavy (non-hydrogen) atoms. The first-order chi connectivity index (χ1) is 14.2. The van der Waals surface area contributed by atoms with Crippen LogP contribution in [0.2, 0.25) is 0 Å². The Bertz CT molecular complexity index is 872. The molecule has 0 aliphatic carbocycles. The van der Waals surface area contributed by atoms with Gasteiger partial charge in [-0.1, -0.05) is 24.3 Å². The maximum absolute atomic E-state index is 5.98. The van der Waals surface area contributed by atoms with Crippen LogP contribution in [0.15, 0.2) is 53.8 Å². The summed E-state index contributed by atoms with van der Waals surface area (Å²) in [4.78, 5) is 9.58. The number of nitrogens with one attached hydrogen (secondary N) is 1. The number of anilines is 1. The normalized spacial score (nSPS) is 19.1. The number of nitrogens with zero attached hydrogens (tertiary/aromatic N) is 5. The van der Waals surface area contributed by atoms with Crippen molar-refractivity contribution in [3.8, 4) is 0 Å². The predicted octanol–water partition coefficient (Wildman–Crippen LogP) is 2.95. The van der Waals surface area contributed by atoms with Crippen LogP contribution >= 0.6 is 24.0 Å². The molecule has 1 fully saturated rings. The van der Waals surface area contributed by atoms with Crippen molar-refractivity contribution in [3.05, 3.63) is 59.9 Å². The summed E-state index contributed by atoms with van der Waals surface area (Å²) in [7, 11) is 1.93. The van der Waals surface area contributed by atoms with Crippen LogP contribution in [-0.2, 0) is 18.3 Å². The maximum atomic E-state index is 5.98. The molecule has 0 saturated carbocycles. The molecule has 2 aromatic rings. The van der Waals surface area contributed by atoms with E-state index in [9.17, 15) is 0 Å². The van der Waals surface area contributed by atoms with Gasteiger partial charge >= 0.3 is 0 Å². The number of morpholine rings is 1. The smallest absolute Gasteiger partial charge is 0.194 e. The highest BCUT2D eigenvalue weighted by molar-refractivity contribution is 14.0. The van der Waals surface area contributed by atoms with Crippen molar-refractivity contribution in [3.63, 3.8) is 0 Å². The molecule has 1 N–H and O–H groups in total. The monoisotopic (exact) mass is 522 g/mol. The molecule has 0 amide bonds. The van der Waals surface area contributed by atoms with E-state index in [2.05, 4.69) is 63.6 Å². The molecule has 7 nitrogen and oxygen atoms in total. The van der Waals surface area contributed by atoms with Crippen molar-refractivity contribution < 1.29 is 4.74 Å². The lowest BCUT2D eigenvalue weighted by molar-refractivity contribution is -0.00805. The Morgan fingerprint density at radius 2 is 2.13 bits per heavy atom.